The molecule has 1 aliphatic heterocycles. The van der Waals surface area contributed by atoms with Crippen LogP contribution in [-0.4, -0.2) is 5.54 Å². The zero-order valence-electron chi connectivity index (χ0n) is 4.77. The van der Waals surface area contributed by atoms with Crippen molar-refractivity contribution < 1.29 is 0 Å². The Morgan fingerprint density at radius 3 is 2.38 bits per heavy atom. The van der Waals surface area contributed by atoms with Gasteiger partial charge in [-0.3, -0.25) is 0 Å². The minimum absolute atomic E-state index is 0.295. The van der Waals surface area contributed by atoms with E-state index >= 15 is 0 Å². The quantitative estimate of drug-likeness (QED) is 0.448. The number of halogens is 1. The number of nitrogens with zero attached hydrogens (tertiary/aromatic N) is 2. The predicted octanol–water partition coefficient (Wildman–Crippen LogP) is 2.11. The lowest BCUT2D eigenvalue weighted by Gasteiger charge is -2.03. The molecule has 0 fully saturated rings. The maximum atomic E-state index is 5.44. The number of rotatable bonds is 0. The van der Waals surface area contributed by atoms with Crippen LogP contribution in [0.3, 0.4) is 0 Å². The Bertz CT molecular complexity index is 158. The Morgan fingerprint density at radius 2 is 2.25 bits per heavy atom. The van der Waals surface area contributed by atoms with Crippen molar-refractivity contribution in [1.82, 2.24) is 0 Å². The van der Waals surface area contributed by atoms with E-state index in [2.05, 4.69) is 16.3 Å². The van der Waals surface area contributed by atoms with Crippen LogP contribution in [0.2, 0.25) is 0 Å². The van der Waals surface area contributed by atoms with Gasteiger partial charge >= 0.3 is 0 Å². The highest BCUT2D eigenvalue weighted by molar-refractivity contribution is 6.29. The van der Waals surface area contributed by atoms with Gasteiger partial charge in [0.25, 0.3) is 0 Å². The number of azo groups is 1. The molecule has 0 N–H and O–H groups in total. The van der Waals surface area contributed by atoms with Crippen LogP contribution in [-0.2, 0) is 0 Å². The molecule has 1 radical (unpaired) electrons. The molecule has 2 nitrogen and oxygen atoms in total. The van der Waals surface area contributed by atoms with Crippen molar-refractivity contribution in [1.29, 1.82) is 0 Å². The van der Waals surface area contributed by atoms with E-state index in [1.54, 1.807) is 0 Å². The maximum absolute atomic E-state index is 5.44. The number of hydrogen-bond acceptors (Lipinski definition) is 2. The molecule has 0 bridgehead atoms. The van der Waals surface area contributed by atoms with Gasteiger partial charge in [-0.25, -0.2) is 0 Å². The molecule has 0 saturated carbocycles. The third-order valence-corrected chi connectivity index (χ3v) is 0.967. The molecule has 0 aliphatic carbocycles. The molecule has 3 heteroatoms. The summed E-state index contributed by atoms with van der Waals surface area (Å²) in [6.07, 6.45) is 2.84. The fourth-order valence-corrected chi connectivity index (χ4v) is 0.740. The Hall–Kier alpha value is -0.370. The molecule has 0 saturated heterocycles. The second kappa shape index (κ2) is 1.55. The highest BCUT2D eigenvalue weighted by atomic mass is 35.5. The van der Waals surface area contributed by atoms with Crippen LogP contribution in [0, 0.1) is 6.08 Å². The summed E-state index contributed by atoms with van der Waals surface area (Å²) in [5, 5.41) is 7.75. The minimum atomic E-state index is -0.295. The highest BCUT2D eigenvalue weighted by Gasteiger charge is 2.19. The first kappa shape index (κ1) is 5.76. The molecule has 1 heterocycles. The molecule has 1 aliphatic rings. The van der Waals surface area contributed by atoms with Crippen molar-refractivity contribution in [3.05, 3.63) is 11.2 Å². The van der Waals surface area contributed by atoms with Crippen molar-refractivity contribution in [3.8, 4) is 0 Å². The third kappa shape index (κ3) is 1.07. The summed E-state index contributed by atoms with van der Waals surface area (Å²) < 4.78 is 0. The Kier molecular flexibility index (Phi) is 1.12. The normalized spacial score (nSPS) is 23.6. The van der Waals surface area contributed by atoms with Gasteiger partial charge < -0.3 is 0 Å². The van der Waals surface area contributed by atoms with E-state index in [0.29, 0.717) is 5.16 Å². The molecule has 0 unspecified atom stereocenters. The van der Waals surface area contributed by atoms with Crippen LogP contribution in [0.5, 0.6) is 0 Å². The van der Waals surface area contributed by atoms with Crippen LogP contribution in [0.4, 0.5) is 0 Å². The minimum Gasteiger partial charge on any atom is -0.177 e. The fourth-order valence-electron chi connectivity index (χ4n) is 0.471. The molecular formula is C5H6ClN2. The first-order chi connectivity index (χ1) is 3.60. The van der Waals surface area contributed by atoms with Crippen molar-refractivity contribution in [2.75, 3.05) is 0 Å². The molecule has 0 aromatic carbocycles. The monoisotopic (exact) mass is 129 g/mol. The van der Waals surface area contributed by atoms with Gasteiger partial charge in [0, 0.05) is 6.08 Å². The summed E-state index contributed by atoms with van der Waals surface area (Å²) >= 11 is 5.44. The Labute approximate surface area is 53.3 Å². The average molecular weight is 130 g/mol. The van der Waals surface area contributed by atoms with Crippen molar-refractivity contribution in [2.24, 2.45) is 10.2 Å². The van der Waals surface area contributed by atoms with Gasteiger partial charge in [-0.15, -0.1) is 5.11 Å². The Morgan fingerprint density at radius 1 is 1.62 bits per heavy atom. The molecule has 0 amide bonds. The summed E-state index contributed by atoms with van der Waals surface area (Å²) in [6, 6.07) is 0. The van der Waals surface area contributed by atoms with E-state index in [9.17, 15) is 0 Å². The summed E-state index contributed by atoms with van der Waals surface area (Å²) in [5.41, 5.74) is -0.295. The van der Waals surface area contributed by atoms with Crippen molar-refractivity contribution in [2.45, 2.75) is 19.4 Å². The zero-order chi connectivity index (χ0) is 6.20. The lowest BCUT2D eigenvalue weighted by Crippen LogP contribution is -2.08. The molecule has 8 heavy (non-hydrogen) atoms. The SMILES string of the molecule is CC1(C)[C]=C(Cl)N=N1. The van der Waals surface area contributed by atoms with Gasteiger partial charge in [0.1, 0.15) is 5.54 Å². The second-order valence-electron chi connectivity index (χ2n) is 2.17. The molecule has 0 atom stereocenters. The highest BCUT2D eigenvalue weighted by Crippen LogP contribution is 2.23. The summed E-state index contributed by atoms with van der Waals surface area (Å²) in [6.45, 7) is 3.79. The molecule has 43 valence electrons. The lowest BCUT2D eigenvalue weighted by atomic mass is 10.1. The van der Waals surface area contributed by atoms with Crippen LogP contribution in [0.1, 0.15) is 13.8 Å². The maximum Gasteiger partial charge on any atom is 0.157 e. The molecule has 0 spiro atoms. The summed E-state index contributed by atoms with van der Waals surface area (Å²) in [4.78, 5) is 0. The van der Waals surface area contributed by atoms with E-state index < -0.39 is 0 Å². The van der Waals surface area contributed by atoms with Gasteiger partial charge in [0.2, 0.25) is 0 Å². The van der Waals surface area contributed by atoms with Gasteiger partial charge in [0.15, 0.2) is 5.16 Å². The first-order valence-corrected chi connectivity index (χ1v) is 2.71. The Balaban J connectivity index is 2.84. The first-order valence-electron chi connectivity index (χ1n) is 2.34. The second-order valence-corrected chi connectivity index (χ2v) is 2.53. The topological polar surface area (TPSA) is 24.7 Å². The summed E-state index contributed by atoms with van der Waals surface area (Å²) in [7, 11) is 0. The van der Waals surface area contributed by atoms with E-state index in [1.807, 2.05) is 13.8 Å². The van der Waals surface area contributed by atoms with Crippen LogP contribution < -0.4 is 0 Å². The lowest BCUT2D eigenvalue weighted by molar-refractivity contribution is 0.628. The fraction of sp³-hybridized carbons (Fsp3) is 0.600. The van der Waals surface area contributed by atoms with Crippen molar-refractivity contribution in [3.63, 3.8) is 0 Å². The van der Waals surface area contributed by atoms with Gasteiger partial charge in [-0.1, -0.05) is 11.6 Å². The zero-order valence-corrected chi connectivity index (χ0v) is 5.53. The van der Waals surface area contributed by atoms with E-state index in [4.69, 9.17) is 11.6 Å². The van der Waals surface area contributed by atoms with E-state index in [0.717, 1.165) is 0 Å². The van der Waals surface area contributed by atoms with Crippen LogP contribution in [0.15, 0.2) is 15.4 Å². The molecule has 0 aromatic heterocycles. The average Bonchev–Trinajstić information content (AvgIpc) is 1.82. The standard InChI is InChI=1S/C5H6ClN2/c1-5(2)3-4(6)7-8-5/h1-2H3. The third-order valence-electron chi connectivity index (χ3n) is 0.797. The smallest absolute Gasteiger partial charge is 0.157 e. The molecule has 0 aromatic rings. The summed E-state index contributed by atoms with van der Waals surface area (Å²) in [5.74, 6) is 0. The van der Waals surface area contributed by atoms with Crippen LogP contribution >= 0.6 is 11.6 Å². The van der Waals surface area contributed by atoms with E-state index in [1.165, 1.54) is 0 Å². The molecule has 1 rings (SSSR count). The largest absolute Gasteiger partial charge is 0.177 e. The molecular weight excluding hydrogens is 124 g/mol. The number of hydrogen-bond donors (Lipinski definition) is 0. The predicted molar refractivity (Wildman–Crippen MR) is 31.5 cm³/mol. The van der Waals surface area contributed by atoms with Gasteiger partial charge in [0.05, 0.1) is 0 Å². The van der Waals surface area contributed by atoms with Gasteiger partial charge in [-0.05, 0) is 13.8 Å². The van der Waals surface area contributed by atoms with E-state index in [-0.39, 0.29) is 5.54 Å². The van der Waals surface area contributed by atoms with Crippen molar-refractivity contribution >= 4 is 11.6 Å². The van der Waals surface area contributed by atoms with Crippen LogP contribution in [0.25, 0.3) is 0 Å². The van der Waals surface area contributed by atoms with Gasteiger partial charge in [-0.2, -0.15) is 5.11 Å².